The topological polar surface area (TPSA) is 41.6 Å². The first-order valence-electron chi connectivity index (χ1n) is 10.4. The molecule has 1 saturated carbocycles. The molecule has 0 aromatic heterocycles. The normalized spacial score (nSPS) is 17.1. The number of halogens is 1. The molecule has 2 fully saturated rings. The minimum atomic E-state index is 0.128. The van der Waals surface area contributed by atoms with Gasteiger partial charge in [-0.1, -0.05) is 29.8 Å². The highest BCUT2D eigenvalue weighted by Gasteiger charge is 2.31. The van der Waals surface area contributed by atoms with Crippen LogP contribution in [0.2, 0.25) is 5.02 Å². The van der Waals surface area contributed by atoms with Crippen molar-refractivity contribution in [2.45, 2.75) is 45.8 Å². The maximum Gasteiger partial charge on any atom is 0.225 e. The molecule has 4 rings (SSSR count). The van der Waals surface area contributed by atoms with Gasteiger partial charge in [0.05, 0.1) is 5.92 Å². The minimum absolute atomic E-state index is 0.128. The number of rotatable bonds is 7. The molecule has 0 radical (unpaired) electrons. The molecule has 0 atom stereocenters. The van der Waals surface area contributed by atoms with E-state index in [1.54, 1.807) is 7.05 Å². The summed E-state index contributed by atoms with van der Waals surface area (Å²) < 4.78 is 6.20. The quantitative estimate of drug-likeness (QED) is 0.723. The average molecular weight is 413 g/mol. The zero-order chi connectivity index (χ0) is 20.5. The number of amides is 1. The number of aryl methyl sites for hydroxylation is 2. The molecule has 0 spiro atoms. The van der Waals surface area contributed by atoms with E-state index >= 15 is 0 Å². The van der Waals surface area contributed by atoms with Gasteiger partial charge in [0.15, 0.2) is 0 Å². The number of nitrogens with zero attached hydrogens (tertiary/aromatic N) is 1. The summed E-state index contributed by atoms with van der Waals surface area (Å²) in [6, 6.07) is 10.7. The molecule has 29 heavy (non-hydrogen) atoms. The molecule has 1 heterocycles. The molecule has 154 valence electrons. The summed E-state index contributed by atoms with van der Waals surface area (Å²) in [4.78, 5) is 14.0. The number of hydrogen-bond acceptors (Lipinski definition) is 3. The molecule has 1 N–H and O–H groups in total. The van der Waals surface area contributed by atoms with E-state index in [0.29, 0.717) is 12.5 Å². The Balaban J connectivity index is 1.38. The predicted octanol–water partition coefficient (Wildman–Crippen LogP) is 4.59. The Morgan fingerprint density at radius 3 is 2.41 bits per heavy atom. The van der Waals surface area contributed by atoms with Crippen LogP contribution < -0.4 is 10.1 Å². The van der Waals surface area contributed by atoms with E-state index in [-0.39, 0.29) is 11.8 Å². The lowest BCUT2D eigenvalue weighted by atomic mass is 9.97. The first-order valence-corrected chi connectivity index (χ1v) is 10.8. The average Bonchev–Trinajstić information content (AvgIpc) is 3.48. The Hall–Kier alpha value is -2.04. The first kappa shape index (κ1) is 20.2. The second-order valence-electron chi connectivity index (χ2n) is 8.52. The van der Waals surface area contributed by atoms with E-state index in [9.17, 15) is 4.79 Å². The zero-order valence-electron chi connectivity index (χ0n) is 17.4. The summed E-state index contributed by atoms with van der Waals surface area (Å²) in [6.45, 7) is 7.25. The Bertz CT molecular complexity index is 894. The summed E-state index contributed by atoms with van der Waals surface area (Å²) in [7, 11) is 1.70. The number of likely N-dealkylation sites (tertiary alicyclic amines) is 1. The first-order chi connectivity index (χ1) is 13.9. The van der Waals surface area contributed by atoms with Gasteiger partial charge in [-0.2, -0.15) is 0 Å². The highest BCUT2D eigenvalue weighted by molar-refractivity contribution is 6.30. The third-order valence-corrected chi connectivity index (χ3v) is 6.13. The van der Waals surface area contributed by atoms with E-state index in [1.165, 1.54) is 24.0 Å². The van der Waals surface area contributed by atoms with Gasteiger partial charge < -0.3 is 10.1 Å². The predicted molar refractivity (Wildman–Crippen MR) is 117 cm³/mol. The standard InChI is InChI=1S/C24H29ClN2O2/c1-15-6-17(11-27-12-21(13-27)24(28)26-3)7-16(2)23(15)29-14-18-8-20(19-4-5-19)10-22(25)9-18/h6-10,19,21H,4-5,11-14H2,1-3H3,(H,26,28). The van der Waals surface area contributed by atoms with Gasteiger partial charge in [0.25, 0.3) is 0 Å². The van der Waals surface area contributed by atoms with Crippen LogP contribution in [0.4, 0.5) is 0 Å². The summed E-state index contributed by atoms with van der Waals surface area (Å²) in [5.74, 6) is 1.90. The van der Waals surface area contributed by atoms with Crippen molar-refractivity contribution >= 4 is 17.5 Å². The van der Waals surface area contributed by atoms with Crippen LogP contribution in [0.5, 0.6) is 5.75 Å². The Kier molecular flexibility index (Phi) is 5.84. The summed E-state index contributed by atoms with van der Waals surface area (Å²) >= 11 is 6.31. The van der Waals surface area contributed by atoms with Crippen molar-refractivity contribution in [3.63, 3.8) is 0 Å². The Morgan fingerprint density at radius 1 is 1.10 bits per heavy atom. The highest BCUT2D eigenvalue weighted by Crippen LogP contribution is 2.41. The zero-order valence-corrected chi connectivity index (χ0v) is 18.2. The molecule has 5 heteroatoms. The molecule has 1 amide bonds. The van der Waals surface area contributed by atoms with Crippen LogP contribution in [0.25, 0.3) is 0 Å². The summed E-state index contributed by atoms with van der Waals surface area (Å²) in [5.41, 5.74) is 6.02. The van der Waals surface area contributed by atoms with Crippen molar-refractivity contribution in [3.8, 4) is 5.75 Å². The molecule has 1 saturated heterocycles. The Labute approximate surface area is 178 Å². The van der Waals surface area contributed by atoms with Gasteiger partial charge in [0.2, 0.25) is 5.91 Å². The molecule has 1 aliphatic heterocycles. The van der Waals surface area contributed by atoms with E-state index in [2.05, 4.69) is 48.3 Å². The lowest BCUT2D eigenvalue weighted by Gasteiger charge is -2.38. The molecule has 2 aromatic rings. The Morgan fingerprint density at radius 2 is 1.79 bits per heavy atom. The van der Waals surface area contributed by atoms with Crippen molar-refractivity contribution in [3.05, 3.63) is 63.2 Å². The lowest BCUT2D eigenvalue weighted by Crippen LogP contribution is -2.52. The second-order valence-corrected chi connectivity index (χ2v) is 8.96. The maximum absolute atomic E-state index is 11.7. The van der Waals surface area contributed by atoms with Crippen LogP contribution in [-0.4, -0.2) is 30.9 Å². The molecule has 0 unspecified atom stereocenters. The van der Waals surface area contributed by atoms with Gasteiger partial charge in [-0.25, -0.2) is 0 Å². The second kappa shape index (κ2) is 8.37. The van der Waals surface area contributed by atoms with E-state index in [1.807, 2.05) is 6.07 Å². The van der Waals surface area contributed by atoms with Gasteiger partial charge >= 0.3 is 0 Å². The van der Waals surface area contributed by atoms with Crippen LogP contribution in [0.15, 0.2) is 30.3 Å². The van der Waals surface area contributed by atoms with Crippen molar-refractivity contribution in [1.82, 2.24) is 10.2 Å². The fourth-order valence-corrected chi connectivity index (χ4v) is 4.52. The number of benzene rings is 2. The fourth-order valence-electron chi connectivity index (χ4n) is 4.25. The van der Waals surface area contributed by atoms with E-state index in [4.69, 9.17) is 16.3 Å². The van der Waals surface area contributed by atoms with Gasteiger partial charge in [-0.05, 0) is 72.6 Å². The highest BCUT2D eigenvalue weighted by atomic mass is 35.5. The molecular formula is C24H29ClN2O2. The number of hydrogen-bond donors (Lipinski definition) is 1. The van der Waals surface area contributed by atoms with Crippen molar-refractivity contribution in [2.75, 3.05) is 20.1 Å². The largest absolute Gasteiger partial charge is 0.488 e. The van der Waals surface area contributed by atoms with Crippen LogP contribution in [0, 0.1) is 19.8 Å². The summed E-state index contributed by atoms with van der Waals surface area (Å²) in [6.07, 6.45) is 2.53. The SMILES string of the molecule is CNC(=O)C1CN(Cc2cc(C)c(OCc3cc(Cl)cc(C4CC4)c3)c(C)c2)C1. The van der Waals surface area contributed by atoms with Crippen LogP contribution >= 0.6 is 11.6 Å². The molecular weight excluding hydrogens is 384 g/mol. The number of nitrogens with one attached hydrogen (secondary N) is 1. The molecule has 4 nitrogen and oxygen atoms in total. The smallest absolute Gasteiger partial charge is 0.225 e. The van der Waals surface area contributed by atoms with Crippen LogP contribution in [0.3, 0.4) is 0 Å². The number of carbonyl (C=O) groups is 1. The third-order valence-electron chi connectivity index (χ3n) is 5.91. The van der Waals surface area contributed by atoms with E-state index in [0.717, 1.165) is 47.1 Å². The van der Waals surface area contributed by atoms with Crippen LogP contribution in [0.1, 0.15) is 46.6 Å². The monoisotopic (exact) mass is 412 g/mol. The third kappa shape index (κ3) is 4.76. The van der Waals surface area contributed by atoms with Gasteiger partial charge in [0.1, 0.15) is 12.4 Å². The minimum Gasteiger partial charge on any atom is -0.488 e. The van der Waals surface area contributed by atoms with Crippen molar-refractivity contribution < 1.29 is 9.53 Å². The van der Waals surface area contributed by atoms with Crippen molar-refractivity contribution in [2.24, 2.45) is 5.92 Å². The van der Waals surface area contributed by atoms with Crippen LogP contribution in [-0.2, 0) is 17.9 Å². The van der Waals surface area contributed by atoms with E-state index < -0.39 is 0 Å². The van der Waals surface area contributed by atoms with Gasteiger partial charge in [0, 0.05) is 31.7 Å². The fraction of sp³-hybridized carbons (Fsp3) is 0.458. The molecule has 2 aromatic carbocycles. The number of ether oxygens (including phenoxy) is 1. The summed E-state index contributed by atoms with van der Waals surface area (Å²) in [5, 5.41) is 3.52. The molecule has 0 bridgehead atoms. The maximum atomic E-state index is 11.7. The van der Waals surface area contributed by atoms with Gasteiger partial charge in [-0.15, -0.1) is 0 Å². The van der Waals surface area contributed by atoms with Crippen molar-refractivity contribution in [1.29, 1.82) is 0 Å². The number of carbonyl (C=O) groups excluding carboxylic acids is 1. The molecule has 2 aliphatic rings. The lowest BCUT2D eigenvalue weighted by molar-refractivity contribution is -0.129. The molecule has 1 aliphatic carbocycles. The van der Waals surface area contributed by atoms with Gasteiger partial charge in [-0.3, -0.25) is 9.69 Å².